The van der Waals surface area contributed by atoms with Crippen LogP contribution in [0.1, 0.15) is 33.9 Å². The minimum absolute atomic E-state index is 0.0896. The van der Waals surface area contributed by atoms with Crippen LogP contribution in [0.3, 0.4) is 0 Å². The van der Waals surface area contributed by atoms with Crippen molar-refractivity contribution in [2.24, 2.45) is 0 Å². The summed E-state index contributed by atoms with van der Waals surface area (Å²) < 4.78 is 27.8. The fourth-order valence-electron chi connectivity index (χ4n) is 4.63. The molecule has 0 spiro atoms. The third kappa shape index (κ3) is 6.87. The second-order valence-electron chi connectivity index (χ2n) is 9.29. The smallest absolute Gasteiger partial charge is 0.305 e. The lowest BCUT2D eigenvalue weighted by Crippen LogP contribution is -2.54. The van der Waals surface area contributed by atoms with Gasteiger partial charge in [-0.2, -0.15) is 0 Å². The van der Waals surface area contributed by atoms with Crippen LogP contribution < -0.4 is 5.32 Å². The molecule has 2 atom stereocenters. The highest BCUT2D eigenvalue weighted by atomic mass is 19.1. The lowest BCUT2D eigenvalue weighted by atomic mass is 10.0. The molecule has 1 aliphatic rings. The number of halogens is 2. The number of nitro benzene ring substituents is 1. The Bertz CT molecular complexity index is 1480. The molecule has 212 valence electrons. The Labute approximate surface area is 232 Å². The molecule has 0 bridgehead atoms. The number of carboxylic acids is 1. The molecule has 1 fully saturated rings. The Morgan fingerprint density at radius 1 is 0.951 bits per heavy atom. The first-order valence-electron chi connectivity index (χ1n) is 12.4. The van der Waals surface area contributed by atoms with Crippen LogP contribution in [-0.2, 0) is 20.8 Å². The molecule has 13 heteroatoms. The van der Waals surface area contributed by atoms with E-state index in [1.165, 1.54) is 18.2 Å². The van der Waals surface area contributed by atoms with Crippen molar-refractivity contribution < 1.29 is 38.0 Å². The maximum absolute atomic E-state index is 13.9. The summed E-state index contributed by atoms with van der Waals surface area (Å²) in [7, 11) is 0. The molecule has 2 unspecified atom stereocenters. The summed E-state index contributed by atoms with van der Waals surface area (Å²) in [5.74, 6) is -5.76. The van der Waals surface area contributed by atoms with Crippen molar-refractivity contribution in [3.63, 3.8) is 0 Å². The fraction of sp³-hybridized carbons (Fsp3) is 0.214. The zero-order valence-electron chi connectivity index (χ0n) is 21.4. The molecule has 1 saturated heterocycles. The van der Waals surface area contributed by atoms with Gasteiger partial charge in [0.05, 0.1) is 23.8 Å². The standard InChI is InChI=1S/C28H24F2N4O7/c29-20-12-19(13-21(30)15-20)28(39)33-10-9-32(24(35)11-17-5-2-1-3-6-17)27(33)26(38)31-23(16-25(36)37)18-7-4-8-22(14-18)34(40)41/h1-8,12-15,23,27H,9-11,16H2,(H,31,38)(H,36,37). The molecular weight excluding hydrogens is 542 g/mol. The van der Waals surface area contributed by atoms with E-state index in [1.54, 1.807) is 30.3 Å². The van der Waals surface area contributed by atoms with Gasteiger partial charge in [-0.3, -0.25) is 29.3 Å². The second kappa shape index (κ2) is 12.3. The highest BCUT2D eigenvalue weighted by Gasteiger charge is 2.43. The van der Waals surface area contributed by atoms with Crippen LogP contribution >= 0.6 is 0 Å². The van der Waals surface area contributed by atoms with Gasteiger partial charge < -0.3 is 20.2 Å². The van der Waals surface area contributed by atoms with Gasteiger partial charge >= 0.3 is 5.97 Å². The van der Waals surface area contributed by atoms with Gasteiger partial charge in [0.15, 0.2) is 6.17 Å². The summed E-state index contributed by atoms with van der Waals surface area (Å²) in [5, 5.41) is 23.2. The Kier molecular flexibility index (Phi) is 8.66. The van der Waals surface area contributed by atoms with Crippen molar-refractivity contribution >= 4 is 29.4 Å². The van der Waals surface area contributed by atoms with E-state index in [9.17, 15) is 43.2 Å². The van der Waals surface area contributed by atoms with Crippen LogP contribution in [0.25, 0.3) is 0 Å². The number of aliphatic carboxylic acids is 1. The first-order valence-corrected chi connectivity index (χ1v) is 12.4. The van der Waals surface area contributed by atoms with E-state index < -0.39 is 64.4 Å². The Morgan fingerprint density at radius 3 is 2.24 bits per heavy atom. The number of nitrogens with one attached hydrogen (secondary N) is 1. The number of hydrogen-bond acceptors (Lipinski definition) is 6. The zero-order chi connectivity index (χ0) is 29.7. The molecule has 1 heterocycles. The van der Waals surface area contributed by atoms with Crippen molar-refractivity contribution in [1.82, 2.24) is 15.1 Å². The van der Waals surface area contributed by atoms with Crippen molar-refractivity contribution in [1.29, 1.82) is 0 Å². The predicted octanol–water partition coefficient (Wildman–Crippen LogP) is 3.06. The van der Waals surface area contributed by atoms with Gasteiger partial charge in [-0.25, -0.2) is 8.78 Å². The number of carbonyl (C=O) groups is 4. The summed E-state index contributed by atoms with van der Waals surface area (Å²) in [4.78, 5) is 64.7. The molecule has 0 aromatic heterocycles. The lowest BCUT2D eigenvalue weighted by molar-refractivity contribution is -0.384. The normalized spacial score (nSPS) is 15.3. The molecule has 2 N–H and O–H groups in total. The van der Waals surface area contributed by atoms with Crippen molar-refractivity contribution in [3.8, 4) is 0 Å². The van der Waals surface area contributed by atoms with Gasteiger partial charge in [0.2, 0.25) is 5.91 Å². The Balaban J connectivity index is 1.68. The first-order chi connectivity index (χ1) is 19.5. The first kappa shape index (κ1) is 28.8. The number of carboxylic acid groups (broad SMARTS) is 1. The number of nitro groups is 1. The number of benzene rings is 3. The average Bonchev–Trinajstić information content (AvgIpc) is 3.38. The molecule has 0 radical (unpaired) electrons. The van der Waals surface area contributed by atoms with E-state index in [2.05, 4.69) is 5.32 Å². The molecule has 1 aliphatic heterocycles. The number of nitrogens with zero attached hydrogens (tertiary/aromatic N) is 3. The third-order valence-corrected chi connectivity index (χ3v) is 6.47. The molecule has 3 amide bonds. The van der Waals surface area contributed by atoms with E-state index in [4.69, 9.17) is 0 Å². The van der Waals surface area contributed by atoms with Gasteiger partial charge in [0.25, 0.3) is 17.5 Å². The minimum Gasteiger partial charge on any atom is -0.481 e. The number of amides is 3. The maximum atomic E-state index is 13.9. The van der Waals surface area contributed by atoms with E-state index in [0.717, 1.165) is 28.0 Å². The maximum Gasteiger partial charge on any atom is 0.305 e. The van der Waals surface area contributed by atoms with Crippen molar-refractivity contribution in [2.45, 2.75) is 25.0 Å². The number of non-ortho nitro benzene ring substituents is 1. The summed E-state index contributed by atoms with van der Waals surface area (Å²) in [5.41, 5.74) is 0.0187. The lowest BCUT2D eigenvalue weighted by Gasteiger charge is -2.31. The molecule has 0 saturated carbocycles. The zero-order valence-corrected chi connectivity index (χ0v) is 21.4. The quantitative estimate of drug-likeness (QED) is 0.299. The van der Waals surface area contributed by atoms with Crippen LogP contribution in [-0.4, -0.2) is 62.8 Å². The van der Waals surface area contributed by atoms with Gasteiger partial charge in [0.1, 0.15) is 11.6 Å². The fourth-order valence-corrected chi connectivity index (χ4v) is 4.63. The molecule has 4 rings (SSSR count). The van der Waals surface area contributed by atoms with Gasteiger partial charge in [0, 0.05) is 36.9 Å². The highest BCUT2D eigenvalue weighted by molar-refractivity contribution is 5.99. The summed E-state index contributed by atoms with van der Waals surface area (Å²) in [6, 6.07) is 14.5. The van der Waals surface area contributed by atoms with Crippen LogP contribution in [0.15, 0.2) is 72.8 Å². The molecule has 3 aromatic rings. The summed E-state index contributed by atoms with van der Waals surface area (Å²) in [6.45, 7) is -0.246. The molecular formula is C28H24F2N4O7. The molecule has 3 aromatic carbocycles. The van der Waals surface area contributed by atoms with Gasteiger partial charge in [-0.15, -0.1) is 0 Å². The van der Waals surface area contributed by atoms with E-state index in [0.29, 0.717) is 11.6 Å². The predicted molar refractivity (Wildman–Crippen MR) is 139 cm³/mol. The van der Waals surface area contributed by atoms with Gasteiger partial charge in [-0.05, 0) is 23.3 Å². The third-order valence-electron chi connectivity index (χ3n) is 6.47. The monoisotopic (exact) mass is 566 g/mol. The summed E-state index contributed by atoms with van der Waals surface area (Å²) in [6.07, 6.45) is -2.38. The molecule has 11 nitrogen and oxygen atoms in total. The SMILES string of the molecule is O=C(O)CC(NC(=O)C1N(C(=O)Cc2ccccc2)CCN1C(=O)c1cc(F)cc(F)c1)c1cccc([N+](=O)[O-])c1. The van der Waals surface area contributed by atoms with E-state index >= 15 is 0 Å². The van der Waals surface area contributed by atoms with Crippen molar-refractivity contribution in [3.05, 3.63) is 111 Å². The van der Waals surface area contributed by atoms with E-state index in [-0.39, 0.29) is 30.8 Å². The number of hydrogen-bond donors (Lipinski definition) is 2. The van der Waals surface area contributed by atoms with Crippen LogP contribution in [0.2, 0.25) is 0 Å². The average molecular weight is 567 g/mol. The number of carbonyl (C=O) groups excluding carboxylic acids is 3. The largest absolute Gasteiger partial charge is 0.481 e. The van der Waals surface area contributed by atoms with Crippen LogP contribution in [0.5, 0.6) is 0 Å². The second-order valence-corrected chi connectivity index (χ2v) is 9.29. The number of rotatable bonds is 9. The summed E-state index contributed by atoms with van der Waals surface area (Å²) >= 11 is 0. The van der Waals surface area contributed by atoms with E-state index in [1.807, 2.05) is 0 Å². The Morgan fingerprint density at radius 2 is 1.61 bits per heavy atom. The Hall–Kier alpha value is -5.20. The van der Waals surface area contributed by atoms with Crippen LogP contribution in [0, 0.1) is 21.7 Å². The van der Waals surface area contributed by atoms with Gasteiger partial charge in [-0.1, -0.05) is 42.5 Å². The molecule has 0 aliphatic carbocycles. The highest BCUT2D eigenvalue weighted by Crippen LogP contribution is 2.25. The minimum atomic E-state index is -1.60. The molecule has 41 heavy (non-hydrogen) atoms. The topological polar surface area (TPSA) is 150 Å². The van der Waals surface area contributed by atoms with Crippen LogP contribution in [0.4, 0.5) is 14.5 Å². The van der Waals surface area contributed by atoms with Crippen molar-refractivity contribution in [2.75, 3.05) is 13.1 Å².